The molecule has 3 rings (SSSR count). The van der Waals surface area contributed by atoms with Crippen LogP contribution in [0.3, 0.4) is 0 Å². The van der Waals surface area contributed by atoms with Crippen LogP contribution in [0.5, 0.6) is 0 Å². The molecule has 4 nitrogen and oxygen atoms in total. The number of halogens is 1. The highest BCUT2D eigenvalue weighted by atomic mass is 32.1. The van der Waals surface area contributed by atoms with Crippen molar-refractivity contribution in [1.82, 2.24) is 10.2 Å². The first kappa shape index (κ1) is 13.9. The summed E-state index contributed by atoms with van der Waals surface area (Å²) in [6.07, 6.45) is 2.56. The number of carbonyl (C=O) groups is 2. The summed E-state index contributed by atoms with van der Waals surface area (Å²) in [7, 11) is 0. The van der Waals surface area contributed by atoms with Gasteiger partial charge in [0.2, 0.25) is 6.41 Å². The molecule has 21 heavy (non-hydrogen) atoms. The predicted octanol–water partition coefficient (Wildman–Crippen LogP) is 2.22. The van der Waals surface area contributed by atoms with Crippen LogP contribution in [0.1, 0.15) is 30.9 Å². The van der Waals surface area contributed by atoms with Gasteiger partial charge in [0.25, 0.3) is 0 Å². The summed E-state index contributed by atoms with van der Waals surface area (Å²) >= 11 is 5.20. The molecule has 1 aromatic carbocycles. The zero-order valence-electron chi connectivity index (χ0n) is 11.1. The smallest absolute Gasteiger partial charge is 0.216 e. The molecule has 1 N–H and O–H groups in total. The highest BCUT2D eigenvalue weighted by Gasteiger charge is 2.38. The van der Waals surface area contributed by atoms with Crippen molar-refractivity contribution in [3.63, 3.8) is 0 Å². The lowest BCUT2D eigenvalue weighted by molar-refractivity contribution is -0.118. The van der Waals surface area contributed by atoms with E-state index >= 15 is 0 Å². The Morgan fingerprint density at radius 1 is 1.29 bits per heavy atom. The van der Waals surface area contributed by atoms with E-state index in [1.54, 1.807) is 12.1 Å². The minimum absolute atomic E-state index is 0.00688. The van der Waals surface area contributed by atoms with Gasteiger partial charge >= 0.3 is 0 Å². The predicted molar refractivity (Wildman–Crippen MR) is 78.7 cm³/mol. The summed E-state index contributed by atoms with van der Waals surface area (Å²) in [5.74, 6) is -0.357. The highest BCUT2D eigenvalue weighted by Crippen LogP contribution is 2.37. The molecule has 6 heteroatoms. The molecule has 0 bridgehead atoms. The van der Waals surface area contributed by atoms with Crippen LogP contribution in [-0.2, 0) is 9.59 Å². The van der Waals surface area contributed by atoms with Crippen molar-refractivity contribution in [3.8, 4) is 0 Å². The SMILES string of the molecule is O=CN1C(=S)NC2=C(C(=O)CCC2)C1c1ccc(F)cc1. The molecule has 0 radical (unpaired) electrons. The Hall–Kier alpha value is -2.08. The fraction of sp³-hybridized carbons (Fsp3) is 0.267. The summed E-state index contributed by atoms with van der Waals surface area (Å²) in [5.41, 5.74) is 2.02. The topological polar surface area (TPSA) is 49.4 Å². The summed E-state index contributed by atoms with van der Waals surface area (Å²) in [6, 6.07) is 5.22. The van der Waals surface area contributed by atoms with Gasteiger partial charge < -0.3 is 5.32 Å². The highest BCUT2D eigenvalue weighted by molar-refractivity contribution is 7.80. The van der Waals surface area contributed by atoms with Gasteiger partial charge in [-0.05, 0) is 42.8 Å². The number of amides is 1. The van der Waals surface area contributed by atoms with Gasteiger partial charge in [-0.25, -0.2) is 4.39 Å². The fourth-order valence-corrected chi connectivity index (χ4v) is 3.11. The third-order valence-electron chi connectivity index (χ3n) is 3.80. The van der Waals surface area contributed by atoms with Crippen LogP contribution >= 0.6 is 12.2 Å². The number of allylic oxidation sites excluding steroid dienone is 1. The van der Waals surface area contributed by atoms with Crippen LogP contribution in [0.25, 0.3) is 0 Å². The van der Waals surface area contributed by atoms with E-state index in [2.05, 4.69) is 5.32 Å². The number of thiocarbonyl (C=S) groups is 1. The molecule has 1 aliphatic heterocycles. The van der Waals surface area contributed by atoms with Crippen molar-refractivity contribution >= 4 is 29.5 Å². The molecular formula is C15H13FN2O2S. The number of nitrogens with zero attached hydrogens (tertiary/aromatic N) is 1. The molecular weight excluding hydrogens is 291 g/mol. The lowest BCUT2D eigenvalue weighted by Gasteiger charge is -2.38. The second-order valence-electron chi connectivity index (χ2n) is 5.07. The van der Waals surface area contributed by atoms with E-state index in [1.807, 2.05) is 0 Å². The largest absolute Gasteiger partial charge is 0.335 e. The van der Waals surface area contributed by atoms with E-state index in [-0.39, 0.29) is 16.7 Å². The van der Waals surface area contributed by atoms with Crippen LogP contribution in [0.4, 0.5) is 4.39 Å². The van der Waals surface area contributed by atoms with E-state index in [0.29, 0.717) is 24.0 Å². The van der Waals surface area contributed by atoms with Crippen LogP contribution < -0.4 is 5.32 Å². The summed E-state index contributed by atoms with van der Waals surface area (Å²) in [5, 5.41) is 3.24. The molecule has 0 saturated carbocycles. The zero-order chi connectivity index (χ0) is 15.0. The lowest BCUT2D eigenvalue weighted by atomic mass is 9.85. The lowest BCUT2D eigenvalue weighted by Crippen LogP contribution is -2.48. The van der Waals surface area contributed by atoms with Gasteiger partial charge in [-0.2, -0.15) is 0 Å². The molecule has 2 aliphatic rings. The summed E-state index contributed by atoms with van der Waals surface area (Å²) in [4.78, 5) is 25.0. The maximum absolute atomic E-state index is 13.1. The van der Waals surface area contributed by atoms with Crippen LogP contribution in [-0.4, -0.2) is 22.2 Å². The van der Waals surface area contributed by atoms with Crippen LogP contribution in [0.15, 0.2) is 35.5 Å². The average Bonchev–Trinajstić information content (AvgIpc) is 2.47. The number of Topliss-reactive ketones (excluding diaryl/α,β-unsaturated/α-hetero) is 1. The van der Waals surface area contributed by atoms with Crippen LogP contribution in [0.2, 0.25) is 0 Å². The number of carbonyl (C=O) groups excluding carboxylic acids is 2. The zero-order valence-corrected chi connectivity index (χ0v) is 12.0. The Bertz CT molecular complexity index is 654. The molecule has 0 saturated heterocycles. The number of benzene rings is 1. The first-order valence-corrected chi connectivity index (χ1v) is 7.09. The quantitative estimate of drug-likeness (QED) is 0.672. The Morgan fingerprint density at radius 3 is 2.67 bits per heavy atom. The molecule has 1 amide bonds. The van der Waals surface area contributed by atoms with Gasteiger partial charge in [-0.1, -0.05) is 12.1 Å². The molecule has 1 atom stereocenters. The van der Waals surface area contributed by atoms with Crippen molar-refractivity contribution in [2.45, 2.75) is 25.3 Å². The van der Waals surface area contributed by atoms with Crippen molar-refractivity contribution in [1.29, 1.82) is 0 Å². The Morgan fingerprint density at radius 2 is 2.00 bits per heavy atom. The van der Waals surface area contributed by atoms with Gasteiger partial charge in [0.15, 0.2) is 10.9 Å². The van der Waals surface area contributed by atoms with Gasteiger partial charge in [0.05, 0.1) is 6.04 Å². The molecule has 0 spiro atoms. The van der Waals surface area contributed by atoms with Crippen molar-refractivity contribution in [3.05, 3.63) is 46.9 Å². The Kier molecular flexibility index (Phi) is 3.55. The van der Waals surface area contributed by atoms with Crippen molar-refractivity contribution < 1.29 is 14.0 Å². The second-order valence-corrected chi connectivity index (χ2v) is 5.45. The Balaban J connectivity index is 2.15. The van der Waals surface area contributed by atoms with E-state index in [1.165, 1.54) is 17.0 Å². The van der Waals surface area contributed by atoms with Gasteiger partial charge in [-0.15, -0.1) is 0 Å². The number of hydrogen-bond acceptors (Lipinski definition) is 3. The van der Waals surface area contributed by atoms with Crippen molar-refractivity contribution in [2.75, 3.05) is 0 Å². The summed E-state index contributed by atoms with van der Waals surface area (Å²) < 4.78 is 13.1. The number of rotatable bonds is 2. The maximum Gasteiger partial charge on any atom is 0.216 e. The van der Waals surface area contributed by atoms with Gasteiger partial charge in [-0.3, -0.25) is 14.5 Å². The molecule has 0 fully saturated rings. The third-order valence-corrected chi connectivity index (χ3v) is 4.11. The number of hydrogen-bond donors (Lipinski definition) is 1. The normalized spacial score (nSPS) is 22.0. The maximum atomic E-state index is 13.1. The summed E-state index contributed by atoms with van der Waals surface area (Å²) in [6.45, 7) is 0. The minimum atomic E-state index is -0.570. The van der Waals surface area contributed by atoms with Gasteiger partial charge in [0.1, 0.15) is 5.82 Å². The number of ketones is 1. The van der Waals surface area contributed by atoms with E-state index in [9.17, 15) is 14.0 Å². The fourth-order valence-electron chi connectivity index (χ4n) is 2.84. The van der Waals surface area contributed by atoms with Crippen molar-refractivity contribution in [2.24, 2.45) is 0 Å². The molecule has 1 heterocycles. The van der Waals surface area contributed by atoms with Gasteiger partial charge in [0, 0.05) is 17.7 Å². The third kappa shape index (κ3) is 2.35. The molecule has 108 valence electrons. The molecule has 1 aromatic rings. The first-order valence-electron chi connectivity index (χ1n) is 6.68. The molecule has 0 aromatic heterocycles. The standard InChI is InChI=1S/C15H13FN2O2S/c16-10-6-4-9(5-7-10)14-13-11(2-1-3-12(13)20)17-15(21)18(14)8-19/h4-8,14H,1-3H2,(H,17,21). The molecule has 1 aliphatic carbocycles. The number of nitrogens with one attached hydrogen (secondary N) is 1. The average molecular weight is 304 g/mol. The minimum Gasteiger partial charge on any atom is -0.335 e. The van der Waals surface area contributed by atoms with E-state index in [4.69, 9.17) is 12.2 Å². The Labute approximate surface area is 126 Å². The molecule has 1 unspecified atom stereocenters. The van der Waals surface area contributed by atoms with Crippen LogP contribution in [0, 0.1) is 5.82 Å². The first-order chi connectivity index (χ1) is 10.1. The van der Waals surface area contributed by atoms with E-state index < -0.39 is 6.04 Å². The second kappa shape index (κ2) is 5.37. The monoisotopic (exact) mass is 304 g/mol. The van der Waals surface area contributed by atoms with E-state index in [0.717, 1.165) is 18.5 Å².